The number of ether oxygens (including phenoxy) is 2. The van der Waals surface area contributed by atoms with Gasteiger partial charge in [0.05, 0.1) is 23.7 Å². The van der Waals surface area contributed by atoms with Crippen molar-refractivity contribution in [2.24, 2.45) is 0 Å². The SMILES string of the molecule is O=C1CC2(C[C@@H](COCc3ccccc3)O1)SCCS2. The van der Waals surface area contributed by atoms with Gasteiger partial charge in [-0.25, -0.2) is 0 Å². The molecule has 2 aliphatic rings. The van der Waals surface area contributed by atoms with Crippen molar-refractivity contribution in [2.45, 2.75) is 29.6 Å². The third-order valence-electron chi connectivity index (χ3n) is 3.48. The molecule has 0 amide bonds. The topological polar surface area (TPSA) is 35.5 Å². The minimum Gasteiger partial charge on any atom is -0.460 e. The second-order valence-electron chi connectivity index (χ2n) is 5.10. The van der Waals surface area contributed by atoms with Crippen molar-refractivity contribution < 1.29 is 14.3 Å². The Bertz CT molecular complexity index is 457. The second-order valence-corrected chi connectivity index (χ2v) is 8.32. The van der Waals surface area contributed by atoms with E-state index in [1.165, 1.54) is 0 Å². The van der Waals surface area contributed by atoms with Crippen LogP contribution in [0.4, 0.5) is 0 Å². The monoisotopic (exact) mass is 310 g/mol. The summed E-state index contributed by atoms with van der Waals surface area (Å²) >= 11 is 3.82. The zero-order valence-corrected chi connectivity index (χ0v) is 12.9. The van der Waals surface area contributed by atoms with Crippen molar-refractivity contribution in [3.8, 4) is 0 Å². The summed E-state index contributed by atoms with van der Waals surface area (Å²) in [7, 11) is 0. The van der Waals surface area contributed by atoms with Crippen LogP contribution in [-0.4, -0.2) is 34.3 Å². The Labute approximate surface area is 127 Å². The summed E-state index contributed by atoms with van der Waals surface area (Å²) < 4.78 is 11.2. The van der Waals surface area contributed by atoms with E-state index in [1.807, 2.05) is 53.9 Å². The first kappa shape index (κ1) is 14.3. The Balaban J connectivity index is 1.51. The van der Waals surface area contributed by atoms with E-state index in [0.717, 1.165) is 23.5 Å². The van der Waals surface area contributed by atoms with E-state index in [4.69, 9.17) is 9.47 Å². The zero-order valence-electron chi connectivity index (χ0n) is 11.2. The van der Waals surface area contributed by atoms with Gasteiger partial charge in [0.1, 0.15) is 6.10 Å². The van der Waals surface area contributed by atoms with Gasteiger partial charge in [-0.15, -0.1) is 23.5 Å². The number of rotatable bonds is 4. The molecule has 1 aromatic carbocycles. The molecule has 1 spiro atoms. The quantitative estimate of drug-likeness (QED) is 0.799. The van der Waals surface area contributed by atoms with Gasteiger partial charge in [0.15, 0.2) is 0 Å². The first-order valence-electron chi connectivity index (χ1n) is 6.85. The standard InChI is InChI=1S/C15H18O3S2/c16-14-9-15(19-6-7-20-15)8-13(18-14)11-17-10-12-4-2-1-3-5-12/h1-5,13H,6-11H2/t13-/m0/s1. The van der Waals surface area contributed by atoms with E-state index in [0.29, 0.717) is 19.6 Å². The molecular formula is C15H18O3S2. The maximum Gasteiger partial charge on any atom is 0.308 e. The lowest BCUT2D eigenvalue weighted by Crippen LogP contribution is -2.39. The molecule has 2 saturated heterocycles. The zero-order chi connectivity index (χ0) is 13.8. The predicted octanol–water partition coefficient (Wildman–Crippen LogP) is 3.09. The smallest absolute Gasteiger partial charge is 0.308 e. The van der Waals surface area contributed by atoms with Crippen molar-refractivity contribution >= 4 is 29.5 Å². The van der Waals surface area contributed by atoms with E-state index in [2.05, 4.69) is 0 Å². The third-order valence-corrected chi connectivity index (χ3v) is 6.94. The van der Waals surface area contributed by atoms with Crippen LogP contribution in [0.1, 0.15) is 18.4 Å². The molecule has 0 bridgehead atoms. The lowest BCUT2D eigenvalue weighted by atomic mass is 10.1. The van der Waals surface area contributed by atoms with Crippen LogP contribution >= 0.6 is 23.5 Å². The van der Waals surface area contributed by atoms with E-state index < -0.39 is 0 Å². The van der Waals surface area contributed by atoms with Crippen LogP contribution in [-0.2, 0) is 20.9 Å². The third kappa shape index (κ3) is 3.51. The van der Waals surface area contributed by atoms with Crippen molar-refractivity contribution in [1.29, 1.82) is 0 Å². The van der Waals surface area contributed by atoms with Crippen LogP contribution in [0, 0.1) is 0 Å². The molecule has 5 heteroatoms. The lowest BCUT2D eigenvalue weighted by molar-refractivity contribution is -0.157. The summed E-state index contributed by atoms with van der Waals surface area (Å²) in [6.45, 7) is 1.06. The Morgan fingerprint density at radius 1 is 1.25 bits per heavy atom. The van der Waals surface area contributed by atoms with Gasteiger partial charge in [0.25, 0.3) is 0 Å². The second kappa shape index (κ2) is 6.41. The number of esters is 1. The number of hydrogen-bond acceptors (Lipinski definition) is 5. The molecule has 0 N–H and O–H groups in total. The highest BCUT2D eigenvalue weighted by atomic mass is 32.2. The predicted molar refractivity (Wildman–Crippen MR) is 82.9 cm³/mol. The molecular weight excluding hydrogens is 292 g/mol. The van der Waals surface area contributed by atoms with Gasteiger partial charge in [-0.05, 0) is 5.56 Å². The van der Waals surface area contributed by atoms with E-state index in [-0.39, 0.29) is 16.2 Å². The van der Waals surface area contributed by atoms with Crippen molar-refractivity contribution in [1.82, 2.24) is 0 Å². The largest absolute Gasteiger partial charge is 0.460 e. The Morgan fingerprint density at radius 3 is 2.75 bits per heavy atom. The summed E-state index contributed by atoms with van der Waals surface area (Å²) in [5, 5.41) is 0. The van der Waals surface area contributed by atoms with E-state index in [1.54, 1.807) is 0 Å². The van der Waals surface area contributed by atoms with Crippen molar-refractivity contribution in [3.63, 3.8) is 0 Å². The number of hydrogen-bond donors (Lipinski definition) is 0. The van der Waals surface area contributed by atoms with Gasteiger partial charge in [-0.1, -0.05) is 30.3 Å². The molecule has 108 valence electrons. The van der Waals surface area contributed by atoms with Gasteiger partial charge in [-0.2, -0.15) is 0 Å². The molecule has 20 heavy (non-hydrogen) atoms. The summed E-state index contributed by atoms with van der Waals surface area (Å²) in [4.78, 5) is 11.8. The molecule has 0 aliphatic carbocycles. The number of cyclic esters (lactones) is 1. The molecule has 3 nitrogen and oxygen atoms in total. The Kier molecular flexibility index (Phi) is 4.58. The van der Waals surface area contributed by atoms with Crippen LogP contribution in [0.2, 0.25) is 0 Å². The normalized spacial score (nSPS) is 24.8. The van der Waals surface area contributed by atoms with Gasteiger partial charge >= 0.3 is 5.97 Å². The van der Waals surface area contributed by atoms with Crippen LogP contribution in [0.15, 0.2) is 30.3 Å². The maximum absolute atomic E-state index is 11.8. The minimum atomic E-state index is -0.0990. The van der Waals surface area contributed by atoms with Gasteiger partial charge in [0.2, 0.25) is 0 Å². The molecule has 0 saturated carbocycles. The highest BCUT2D eigenvalue weighted by Crippen LogP contribution is 2.51. The van der Waals surface area contributed by atoms with Crippen LogP contribution in [0.3, 0.4) is 0 Å². The lowest BCUT2D eigenvalue weighted by Gasteiger charge is -2.35. The molecule has 3 rings (SSSR count). The molecule has 0 radical (unpaired) electrons. The number of thioether (sulfide) groups is 2. The summed E-state index contributed by atoms with van der Waals surface area (Å²) in [6.07, 6.45) is 1.35. The molecule has 0 aromatic heterocycles. The average molecular weight is 310 g/mol. The fourth-order valence-corrected chi connectivity index (χ4v) is 5.89. The van der Waals surface area contributed by atoms with Crippen LogP contribution in [0.5, 0.6) is 0 Å². The number of carbonyl (C=O) groups excluding carboxylic acids is 1. The van der Waals surface area contributed by atoms with E-state index >= 15 is 0 Å². The Hall–Kier alpha value is -0.650. The van der Waals surface area contributed by atoms with Gasteiger partial charge < -0.3 is 9.47 Å². The van der Waals surface area contributed by atoms with Gasteiger partial charge in [0, 0.05) is 17.9 Å². The summed E-state index contributed by atoms with van der Waals surface area (Å²) in [5.41, 5.74) is 1.15. The summed E-state index contributed by atoms with van der Waals surface area (Å²) in [5.74, 6) is 2.19. The molecule has 2 aliphatic heterocycles. The fourth-order valence-electron chi connectivity index (χ4n) is 2.60. The van der Waals surface area contributed by atoms with E-state index in [9.17, 15) is 4.79 Å². The molecule has 2 fully saturated rings. The first-order valence-corrected chi connectivity index (χ1v) is 8.82. The minimum absolute atomic E-state index is 0.0517. The van der Waals surface area contributed by atoms with Crippen LogP contribution in [0.25, 0.3) is 0 Å². The fraction of sp³-hybridized carbons (Fsp3) is 0.533. The molecule has 1 aromatic rings. The Morgan fingerprint density at radius 2 is 2.00 bits per heavy atom. The average Bonchev–Trinajstić information content (AvgIpc) is 2.87. The molecule has 0 unspecified atom stereocenters. The van der Waals surface area contributed by atoms with Crippen molar-refractivity contribution in [2.75, 3.05) is 18.1 Å². The van der Waals surface area contributed by atoms with Crippen molar-refractivity contribution in [3.05, 3.63) is 35.9 Å². The maximum atomic E-state index is 11.8. The summed E-state index contributed by atoms with van der Waals surface area (Å²) in [6, 6.07) is 10.1. The molecule has 2 heterocycles. The van der Waals surface area contributed by atoms with Gasteiger partial charge in [-0.3, -0.25) is 4.79 Å². The number of carbonyl (C=O) groups is 1. The number of benzene rings is 1. The van der Waals surface area contributed by atoms with Crippen LogP contribution < -0.4 is 0 Å². The highest BCUT2D eigenvalue weighted by Gasteiger charge is 2.44. The molecule has 1 atom stereocenters. The first-order chi connectivity index (χ1) is 9.76. The highest BCUT2D eigenvalue weighted by molar-refractivity contribution is 8.21.